The van der Waals surface area contributed by atoms with Crippen molar-refractivity contribution in [2.24, 2.45) is 27.2 Å². The monoisotopic (exact) mass is 860 g/mol. The van der Waals surface area contributed by atoms with Gasteiger partial charge in [-0.1, -0.05) is 88.6 Å². The molecule has 0 amide bonds. The predicted molar refractivity (Wildman–Crippen MR) is 274 cm³/mol. The Kier molecular flexibility index (Phi) is 32.8. The van der Waals surface area contributed by atoms with Gasteiger partial charge in [-0.2, -0.15) is 5.26 Å². The molecule has 0 radical (unpaired) electrons. The molecule has 0 saturated heterocycles. The van der Waals surface area contributed by atoms with Crippen LogP contribution in [0.15, 0.2) is 117 Å². The number of aliphatic imine (C=N–C) groups is 2. The van der Waals surface area contributed by atoms with E-state index < -0.39 is 0 Å². The molecule has 0 aromatic heterocycles. The van der Waals surface area contributed by atoms with Crippen molar-refractivity contribution >= 4 is 57.3 Å². The molecule has 3 aliphatic rings. The topological polar surface area (TPSA) is 187 Å². The van der Waals surface area contributed by atoms with Gasteiger partial charge in [0, 0.05) is 53.8 Å². The number of hydrogen-bond acceptors (Lipinski definition) is 8. The highest BCUT2D eigenvalue weighted by molar-refractivity contribution is 8.13. The lowest BCUT2D eigenvalue weighted by Gasteiger charge is -2.20. The first-order chi connectivity index (χ1) is 27.2. The van der Waals surface area contributed by atoms with E-state index in [-0.39, 0.29) is 28.2 Å². The van der Waals surface area contributed by atoms with E-state index in [0.29, 0.717) is 16.8 Å². The van der Waals surface area contributed by atoms with E-state index in [1.165, 1.54) is 79.3 Å². The van der Waals surface area contributed by atoms with E-state index in [1.807, 2.05) is 27.0 Å². The lowest BCUT2D eigenvalue weighted by molar-refractivity contribution is 0.973. The predicted octanol–water partition coefficient (Wildman–Crippen LogP) is 10.7. The van der Waals surface area contributed by atoms with Crippen molar-refractivity contribution in [3.8, 4) is 6.19 Å². The zero-order chi connectivity index (χ0) is 42.8. The van der Waals surface area contributed by atoms with Crippen LogP contribution in [-0.4, -0.2) is 42.1 Å². The first-order valence-corrected chi connectivity index (χ1v) is 20.7. The minimum absolute atomic E-state index is 0. The lowest BCUT2D eigenvalue weighted by atomic mass is 9.99. The smallest absolute Gasteiger partial charge is 0.202 e. The van der Waals surface area contributed by atoms with Crippen LogP contribution >= 0.6 is 24.0 Å². The van der Waals surface area contributed by atoms with E-state index >= 15 is 0 Å². The van der Waals surface area contributed by atoms with Gasteiger partial charge in [-0.3, -0.25) is 15.3 Å². The molecule has 332 valence electrons. The molecule has 3 heterocycles. The first-order valence-electron chi connectivity index (χ1n) is 19.1. The molecule has 3 aliphatic heterocycles. The number of nitrogens with one attached hydrogen (secondary N) is 5. The molecule has 6 rings (SSSR count). The number of thioether (sulfide) groups is 1. The van der Waals surface area contributed by atoms with Crippen molar-refractivity contribution in [2.75, 3.05) is 41.8 Å². The average Bonchev–Trinajstić information content (AvgIpc) is 3.18. The summed E-state index contributed by atoms with van der Waals surface area (Å²) in [4.78, 5) is 7.58. The van der Waals surface area contributed by atoms with Crippen molar-refractivity contribution in [3.63, 3.8) is 0 Å². The number of guanidine groups is 1. The van der Waals surface area contributed by atoms with Crippen LogP contribution in [0.25, 0.3) is 0 Å². The van der Waals surface area contributed by atoms with Gasteiger partial charge in [0.2, 0.25) is 5.96 Å². The zero-order valence-electron chi connectivity index (χ0n) is 35.6. The maximum Gasteiger partial charge on any atom is 0.202 e. The Morgan fingerprint density at radius 2 is 0.983 bits per heavy atom. The lowest BCUT2D eigenvalue weighted by Crippen LogP contribution is -2.28. The van der Waals surface area contributed by atoms with Crippen LogP contribution in [0.4, 0.5) is 17.1 Å². The second-order valence-corrected chi connectivity index (χ2v) is 14.4. The molecule has 0 unspecified atom stereocenters. The van der Waals surface area contributed by atoms with Gasteiger partial charge in [-0.05, 0) is 152 Å². The van der Waals surface area contributed by atoms with Crippen LogP contribution in [0.1, 0.15) is 101 Å². The minimum atomic E-state index is 0. The Morgan fingerprint density at radius 1 is 0.650 bits per heavy atom. The minimum Gasteiger partial charge on any atom is -0.379 e. The number of thiocarbonyl (C=S) groups is 1. The fourth-order valence-corrected chi connectivity index (χ4v) is 5.63. The van der Waals surface area contributed by atoms with Crippen LogP contribution < -0.4 is 43.8 Å². The Labute approximate surface area is 374 Å². The van der Waals surface area contributed by atoms with Crippen molar-refractivity contribution in [1.29, 1.82) is 5.26 Å². The summed E-state index contributed by atoms with van der Waals surface area (Å²) >= 11 is 5.94. The number of hydrogen-bond donors (Lipinski definition) is 8. The van der Waals surface area contributed by atoms with Crippen LogP contribution in [0.5, 0.6) is 0 Å². The molecule has 0 atom stereocenters. The fraction of sp³-hybridized carbons (Fsp3) is 0.404. The first kappa shape index (κ1) is 58.9. The maximum atomic E-state index is 7.94. The van der Waals surface area contributed by atoms with E-state index in [0.717, 1.165) is 32.4 Å². The second kappa shape index (κ2) is 33.4. The van der Waals surface area contributed by atoms with Crippen molar-refractivity contribution < 1.29 is 0 Å². The molecule has 13 heteroatoms. The molecule has 0 fully saturated rings. The molecule has 3 aromatic rings. The molecule has 3 aromatic carbocycles. The molecular formula is C47H77N11S2. The molecular weight excluding hydrogens is 783 g/mol. The summed E-state index contributed by atoms with van der Waals surface area (Å²) in [6.07, 6.45) is 6.83. The van der Waals surface area contributed by atoms with Crippen molar-refractivity contribution in [1.82, 2.24) is 10.6 Å². The number of allylic oxidation sites excluding steroid dienone is 6. The van der Waals surface area contributed by atoms with Gasteiger partial charge in [0.05, 0.1) is 0 Å². The highest BCUT2D eigenvalue weighted by atomic mass is 32.2. The highest BCUT2D eigenvalue weighted by Gasteiger charge is 2.12. The van der Waals surface area contributed by atoms with E-state index in [2.05, 4.69) is 163 Å². The number of nitrogens with zero attached hydrogens (tertiary/aromatic N) is 3. The summed E-state index contributed by atoms with van der Waals surface area (Å²) in [5.41, 5.74) is 31.6. The third kappa shape index (κ3) is 23.2. The summed E-state index contributed by atoms with van der Waals surface area (Å²) < 4.78 is 0. The number of fused-ring (bicyclic) bond motifs is 3. The summed E-state index contributed by atoms with van der Waals surface area (Å²) in [6, 6.07) is 25.4. The van der Waals surface area contributed by atoms with Gasteiger partial charge in [0.15, 0.2) is 16.5 Å². The number of nitriles is 1. The molecule has 60 heavy (non-hydrogen) atoms. The van der Waals surface area contributed by atoms with Gasteiger partial charge in [-0.25, -0.2) is 0 Å². The Balaban J connectivity index is -0.000000657. The third-order valence-corrected chi connectivity index (χ3v) is 9.38. The van der Waals surface area contributed by atoms with Crippen LogP contribution in [0.2, 0.25) is 0 Å². The second-order valence-electron chi connectivity index (χ2n) is 13.1. The molecule has 0 bridgehead atoms. The third-order valence-electron chi connectivity index (χ3n) is 8.69. The largest absolute Gasteiger partial charge is 0.379 e. The van der Waals surface area contributed by atoms with E-state index in [4.69, 9.17) is 22.5 Å². The Morgan fingerprint density at radius 3 is 1.22 bits per heavy atom. The number of anilines is 3. The van der Waals surface area contributed by atoms with Crippen molar-refractivity contribution in [2.45, 2.75) is 104 Å². The quantitative estimate of drug-likeness (QED) is 0.0412. The van der Waals surface area contributed by atoms with Gasteiger partial charge in [0.1, 0.15) is 0 Å². The van der Waals surface area contributed by atoms with Gasteiger partial charge < -0.3 is 38.5 Å². The summed E-state index contributed by atoms with van der Waals surface area (Å²) in [7, 11) is 0. The highest BCUT2D eigenvalue weighted by Crippen LogP contribution is 2.28. The molecule has 0 saturated carbocycles. The van der Waals surface area contributed by atoms with E-state index in [1.54, 1.807) is 6.19 Å². The zero-order valence-corrected chi connectivity index (χ0v) is 37.2. The molecule has 11 N–H and O–H groups in total. The van der Waals surface area contributed by atoms with Crippen LogP contribution in [-0.2, 0) is 19.3 Å². The van der Waals surface area contributed by atoms with Crippen LogP contribution in [0.3, 0.4) is 0 Å². The summed E-state index contributed by atoms with van der Waals surface area (Å²) in [5, 5.41) is 24.0. The molecule has 0 aliphatic carbocycles. The summed E-state index contributed by atoms with van der Waals surface area (Å²) in [6.45, 7) is 20.9. The summed E-state index contributed by atoms with van der Waals surface area (Å²) in [5.74, 6) is 0.176. The van der Waals surface area contributed by atoms with Crippen LogP contribution in [0, 0.1) is 11.5 Å². The molecule has 0 spiro atoms. The van der Waals surface area contributed by atoms with Gasteiger partial charge in [0.25, 0.3) is 0 Å². The number of amidine groups is 1. The SMILES string of the molecule is C.C.C.CC1=C(C)Nc2ccccc2C1.CC1=C(C)Nc2ccccc2C1.CC1=C(C)Nc2ccccc2C1.CCN=C(N)NC#N.CCN=C(N)SC.CCNC(N)=S. The normalized spacial score (nSPS) is 12.8. The number of rotatable bonds is 3. The maximum absolute atomic E-state index is 7.94. The molecule has 11 nitrogen and oxygen atoms in total. The Bertz CT molecular complexity index is 1660. The average molecular weight is 860 g/mol. The van der Waals surface area contributed by atoms with Gasteiger partial charge >= 0.3 is 0 Å². The fourth-order valence-electron chi connectivity index (χ4n) is 5.23. The standard InChI is InChI=1S/3C11H13N.C4H8N4.C4H10N2S.C3H8N2S.3CH4/c3*1-8-7-10-5-3-4-6-11(10)12-9(8)2;1-2-7-4(6)8-3-5;1-3-6-4(5)7-2;1-2-5-3(4)6;;;/h3*3-6,12H,7H2,1-2H3;2H2,1H3,(H3,6,7,8);3H2,1-2H3,(H2,5,6);2H2,1H3,(H3,4,5,6);3*1H4. The number of benzene rings is 3. The number of nitrogens with two attached hydrogens (primary N) is 3. The number of para-hydroxylation sites is 3. The van der Waals surface area contributed by atoms with E-state index in [9.17, 15) is 0 Å². The van der Waals surface area contributed by atoms with Gasteiger partial charge in [-0.15, -0.1) is 0 Å². The Hall–Kier alpha value is -5.45. The van der Waals surface area contributed by atoms with Crippen molar-refractivity contribution in [3.05, 3.63) is 123 Å².